The first kappa shape index (κ1) is 19.0. The summed E-state index contributed by atoms with van der Waals surface area (Å²) in [6.07, 6.45) is -6.84. The molecule has 0 aromatic heterocycles. The first-order chi connectivity index (χ1) is 5.54. The van der Waals surface area contributed by atoms with Crippen LogP contribution in [0.1, 0.15) is 0 Å². The lowest BCUT2D eigenvalue weighted by Crippen LogP contribution is -2.46. The summed E-state index contributed by atoms with van der Waals surface area (Å²) in [7, 11) is 0. The molecule has 0 amide bonds. The van der Waals surface area contributed by atoms with Crippen LogP contribution in [0.3, 0.4) is 0 Å². The van der Waals surface area contributed by atoms with Gasteiger partial charge in [0, 0.05) is 0 Å². The molecule has 0 aliphatic rings. The topological polar surface area (TPSA) is 188 Å². The molecule has 11 N–H and O–H groups in total. The third kappa shape index (κ3) is 5.19. The second-order valence-corrected chi connectivity index (χ2v) is 2.36. The Morgan fingerprint density at radius 3 is 1.71 bits per heavy atom. The van der Waals surface area contributed by atoms with Gasteiger partial charge in [0.1, 0.15) is 24.4 Å². The molecule has 0 heterocycles. The van der Waals surface area contributed by atoms with Crippen molar-refractivity contribution in [3.05, 3.63) is 0 Å². The molecular formula is C6H18N2O6. The number of carbonyl (C=O) groups excluding carboxylic acids is 1. The van der Waals surface area contributed by atoms with Crippen molar-refractivity contribution in [2.24, 2.45) is 0 Å². The maximum atomic E-state index is 9.90. The van der Waals surface area contributed by atoms with Gasteiger partial charge in [-0.15, -0.1) is 0 Å². The van der Waals surface area contributed by atoms with E-state index in [1.807, 2.05) is 0 Å². The van der Waals surface area contributed by atoms with Crippen LogP contribution >= 0.6 is 0 Å². The highest BCUT2D eigenvalue weighted by Crippen LogP contribution is 2.02. The van der Waals surface area contributed by atoms with Crippen molar-refractivity contribution in [1.82, 2.24) is 12.3 Å². The Morgan fingerprint density at radius 2 is 1.43 bits per heavy atom. The molecule has 0 aliphatic heterocycles. The third-order valence-corrected chi connectivity index (χ3v) is 1.42. The van der Waals surface area contributed by atoms with E-state index in [-0.39, 0.29) is 18.6 Å². The maximum absolute atomic E-state index is 9.90. The van der Waals surface area contributed by atoms with Crippen LogP contribution in [-0.4, -0.2) is 62.8 Å². The molecule has 0 aromatic carbocycles. The van der Waals surface area contributed by atoms with Gasteiger partial charge in [-0.05, 0) is 0 Å². The van der Waals surface area contributed by atoms with E-state index in [2.05, 4.69) is 0 Å². The van der Waals surface area contributed by atoms with Gasteiger partial charge in [-0.1, -0.05) is 0 Å². The number of hydrogen-bond donors (Lipinski definition) is 7. The summed E-state index contributed by atoms with van der Waals surface area (Å²) in [4.78, 5) is 9.90. The minimum Gasteiger partial charge on any atom is -0.394 e. The van der Waals surface area contributed by atoms with E-state index >= 15 is 0 Å². The fourth-order valence-corrected chi connectivity index (χ4v) is 0.618. The van der Waals surface area contributed by atoms with Crippen molar-refractivity contribution in [3.8, 4) is 0 Å². The molecule has 0 rings (SSSR count). The summed E-state index contributed by atoms with van der Waals surface area (Å²) in [5.41, 5.74) is 0. The molecule has 0 spiro atoms. The normalized spacial score (nSPS) is 18.1. The highest BCUT2D eigenvalue weighted by atomic mass is 16.4. The Labute approximate surface area is 81.0 Å². The fraction of sp³-hybridized carbons (Fsp3) is 0.833. The third-order valence-electron chi connectivity index (χ3n) is 1.42. The molecule has 0 saturated carbocycles. The molecule has 14 heavy (non-hydrogen) atoms. The monoisotopic (exact) mass is 214 g/mol. The average Bonchev–Trinajstić information content (AvgIpc) is 2.12. The highest BCUT2D eigenvalue weighted by molar-refractivity contribution is 5.56. The minimum atomic E-state index is -1.79. The standard InChI is InChI=1S/C6H12O6.2H3N/c7-1-3(9)5(11)6(12)4(10)2-8;;/h1,3-6,8-12H,2H2;2*1H3/t3-,4+,5+,6+;;/m0../s1. The Kier molecular flexibility index (Phi) is 12.2. The second-order valence-electron chi connectivity index (χ2n) is 2.36. The zero-order chi connectivity index (χ0) is 9.72. The van der Waals surface area contributed by atoms with E-state index in [1.165, 1.54) is 0 Å². The summed E-state index contributed by atoms with van der Waals surface area (Å²) in [6, 6.07) is 0. The summed E-state index contributed by atoms with van der Waals surface area (Å²) in [6.45, 7) is -0.760. The summed E-state index contributed by atoms with van der Waals surface area (Å²) >= 11 is 0. The molecule has 0 aromatic rings. The van der Waals surface area contributed by atoms with Gasteiger partial charge in [-0.2, -0.15) is 0 Å². The van der Waals surface area contributed by atoms with Gasteiger partial charge in [0.25, 0.3) is 0 Å². The van der Waals surface area contributed by atoms with Crippen molar-refractivity contribution >= 4 is 6.29 Å². The lowest BCUT2D eigenvalue weighted by molar-refractivity contribution is -0.136. The number of hydrogen-bond acceptors (Lipinski definition) is 8. The SMILES string of the molecule is N.N.O=C[C@H](O)[C@@H](O)[C@H](O)[C@H](O)CO. The zero-order valence-electron chi connectivity index (χ0n) is 7.65. The lowest BCUT2D eigenvalue weighted by Gasteiger charge is -2.22. The number of aldehydes is 1. The van der Waals surface area contributed by atoms with Crippen LogP contribution in [0.25, 0.3) is 0 Å². The number of carbonyl (C=O) groups is 1. The van der Waals surface area contributed by atoms with Crippen molar-refractivity contribution in [1.29, 1.82) is 0 Å². The maximum Gasteiger partial charge on any atom is 0.151 e. The lowest BCUT2D eigenvalue weighted by atomic mass is 10.0. The van der Waals surface area contributed by atoms with Gasteiger partial charge in [0.15, 0.2) is 6.29 Å². The Balaban J connectivity index is -0.000000605. The molecule has 0 fully saturated rings. The van der Waals surface area contributed by atoms with Crippen molar-refractivity contribution in [2.45, 2.75) is 24.4 Å². The molecule has 8 nitrogen and oxygen atoms in total. The first-order valence-electron chi connectivity index (χ1n) is 3.33. The number of aliphatic hydroxyl groups excluding tert-OH is 5. The van der Waals surface area contributed by atoms with E-state index in [0.29, 0.717) is 0 Å². The van der Waals surface area contributed by atoms with Gasteiger partial charge < -0.3 is 42.6 Å². The molecule has 88 valence electrons. The van der Waals surface area contributed by atoms with Crippen LogP contribution in [0.2, 0.25) is 0 Å². The Bertz CT molecular complexity index is 146. The summed E-state index contributed by atoms with van der Waals surface area (Å²) in [5.74, 6) is 0. The van der Waals surface area contributed by atoms with Crippen molar-refractivity contribution in [2.75, 3.05) is 6.61 Å². The van der Waals surface area contributed by atoms with E-state index in [0.717, 1.165) is 0 Å². The summed E-state index contributed by atoms with van der Waals surface area (Å²) in [5, 5.41) is 43.5. The smallest absolute Gasteiger partial charge is 0.151 e. The van der Waals surface area contributed by atoms with E-state index in [1.54, 1.807) is 0 Å². The van der Waals surface area contributed by atoms with E-state index in [4.69, 9.17) is 25.5 Å². The molecule has 0 unspecified atom stereocenters. The van der Waals surface area contributed by atoms with Crippen LogP contribution in [0, 0.1) is 0 Å². The van der Waals surface area contributed by atoms with Gasteiger partial charge >= 0.3 is 0 Å². The number of rotatable bonds is 5. The first-order valence-corrected chi connectivity index (χ1v) is 3.33. The molecule has 0 saturated heterocycles. The van der Waals surface area contributed by atoms with Crippen LogP contribution < -0.4 is 12.3 Å². The van der Waals surface area contributed by atoms with Gasteiger partial charge in [0.05, 0.1) is 6.61 Å². The van der Waals surface area contributed by atoms with Crippen molar-refractivity contribution in [3.63, 3.8) is 0 Å². The van der Waals surface area contributed by atoms with Gasteiger partial charge in [0.2, 0.25) is 0 Å². The summed E-state index contributed by atoms with van der Waals surface area (Å²) < 4.78 is 0. The Hall–Kier alpha value is -0.610. The fourth-order valence-electron chi connectivity index (χ4n) is 0.618. The van der Waals surface area contributed by atoms with Crippen LogP contribution in [0.4, 0.5) is 0 Å². The second kappa shape index (κ2) is 8.97. The highest BCUT2D eigenvalue weighted by Gasteiger charge is 2.29. The molecule has 8 heteroatoms. The predicted molar refractivity (Wildman–Crippen MR) is 47.2 cm³/mol. The van der Waals surface area contributed by atoms with Gasteiger partial charge in [-0.25, -0.2) is 0 Å². The van der Waals surface area contributed by atoms with Crippen LogP contribution in [-0.2, 0) is 4.79 Å². The molecule has 0 aliphatic carbocycles. The van der Waals surface area contributed by atoms with Gasteiger partial charge in [-0.3, -0.25) is 0 Å². The molecule has 0 radical (unpaired) electrons. The molecular weight excluding hydrogens is 196 g/mol. The molecule has 0 bridgehead atoms. The van der Waals surface area contributed by atoms with E-state index < -0.39 is 31.0 Å². The van der Waals surface area contributed by atoms with E-state index in [9.17, 15) is 4.79 Å². The minimum absolute atomic E-state index is 0. The number of aliphatic hydroxyl groups is 5. The van der Waals surface area contributed by atoms with Crippen LogP contribution in [0.5, 0.6) is 0 Å². The average molecular weight is 214 g/mol. The molecule has 4 atom stereocenters. The predicted octanol–water partition coefficient (Wildman–Crippen LogP) is -3.05. The van der Waals surface area contributed by atoms with Crippen molar-refractivity contribution < 1.29 is 30.3 Å². The largest absolute Gasteiger partial charge is 0.394 e. The quantitative estimate of drug-likeness (QED) is 0.235. The van der Waals surface area contributed by atoms with Crippen LogP contribution in [0.15, 0.2) is 0 Å². The zero-order valence-corrected chi connectivity index (χ0v) is 7.65. The Morgan fingerprint density at radius 1 is 1.00 bits per heavy atom.